The monoisotopic (exact) mass is 233 g/mol. The minimum atomic E-state index is -0.145. The van der Waals surface area contributed by atoms with Gasteiger partial charge in [-0.15, -0.1) is 0 Å². The molecule has 17 heavy (non-hydrogen) atoms. The Balaban J connectivity index is 2.29. The number of rotatable bonds is 4. The van der Waals surface area contributed by atoms with Gasteiger partial charge in [0.25, 0.3) is 0 Å². The van der Waals surface area contributed by atoms with Gasteiger partial charge in [0.2, 0.25) is 0 Å². The molecule has 1 aliphatic rings. The highest BCUT2D eigenvalue weighted by Gasteiger charge is 2.39. The molecule has 92 valence electrons. The smallest absolute Gasteiger partial charge is 0.170 e. The van der Waals surface area contributed by atoms with Crippen molar-refractivity contribution in [1.29, 1.82) is 0 Å². The Morgan fingerprint density at radius 2 is 2.12 bits per heavy atom. The molecule has 3 nitrogen and oxygen atoms in total. The molecule has 1 saturated carbocycles. The van der Waals surface area contributed by atoms with Crippen molar-refractivity contribution in [2.75, 3.05) is 7.11 Å². The fourth-order valence-electron chi connectivity index (χ4n) is 2.75. The van der Waals surface area contributed by atoms with E-state index in [-0.39, 0.29) is 11.2 Å². The first-order chi connectivity index (χ1) is 8.22. The molecule has 0 spiro atoms. The second kappa shape index (κ2) is 4.86. The van der Waals surface area contributed by atoms with Gasteiger partial charge in [-0.05, 0) is 25.3 Å². The van der Waals surface area contributed by atoms with Crippen LogP contribution in [0.3, 0.4) is 0 Å². The molecule has 1 fully saturated rings. The van der Waals surface area contributed by atoms with Crippen molar-refractivity contribution in [3.63, 3.8) is 0 Å². The maximum atomic E-state index is 12.6. The number of ether oxygens (including phenoxy) is 1. The van der Waals surface area contributed by atoms with Crippen molar-refractivity contribution in [1.82, 2.24) is 4.98 Å². The molecule has 0 unspecified atom stereocenters. The van der Waals surface area contributed by atoms with Gasteiger partial charge < -0.3 is 4.74 Å². The quantitative estimate of drug-likeness (QED) is 0.749. The fourth-order valence-corrected chi connectivity index (χ4v) is 2.75. The van der Waals surface area contributed by atoms with Crippen molar-refractivity contribution in [3.8, 4) is 5.75 Å². The third kappa shape index (κ3) is 2.19. The van der Waals surface area contributed by atoms with Crippen molar-refractivity contribution in [2.45, 2.75) is 39.0 Å². The van der Waals surface area contributed by atoms with E-state index in [1.54, 1.807) is 25.6 Å². The van der Waals surface area contributed by atoms with Crippen molar-refractivity contribution >= 4 is 5.78 Å². The molecular weight excluding hydrogens is 214 g/mol. The highest BCUT2D eigenvalue weighted by molar-refractivity contribution is 6.00. The molecule has 1 aliphatic carbocycles. The van der Waals surface area contributed by atoms with Crippen LogP contribution in [-0.2, 0) is 0 Å². The lowest BCUT2D eigenvalue weighted by molar-refractivity contribution is 0.0790. The number of carbonyl (C=O) groups excluding carboxylic acids is 1. The first-order valence-corrected chi connectivity index (χ1v) is 6.26. The second-order valence-corrected chi connectivity index (χ2v) is 4.78. The van der Waals surface area contributed by atoms with Crippen molar-refractivity contribution in [2.24, 2.45) is 5.41 Å². The lowest BCUT2D eigenvalue weighted by atomic mass is 9.77. The maximum absolute atomic E-state index is 12.6. The normalized spacial score (nSPS) is 18.0. The summed E-state index contributed by atoms with van der Waals surface area (Å²) in [7, 11) is 1.59. The first kappa shape index (κ1) is 12.1. The molecular formula is C14H19NO2. The van der Waals surface area contributed by atoms with E-state index in [2.05, 4.69) is 11.9 Å². The van der Waals surface area contributed by atoms with Crippen LogP contribution in [0, 0.1) is 5.41 Å². The molecule has 2 rings (SSSR count). The molecule has 0 aromatic carbocycles. The largest absolute Gasteiger partial charge is 0.495 e. The molecule has 0 aliphatic heterocycles. The predicted molar refractivity (Wildman–Crippen MR) is 66.3 cm³/mol. The summed E-state index contributed by atoms with van der Waals surface area (Å²) in [5.74, 6) is 0.893. The predicted octanol–water partition coefficient (Wildman–Crippen LogP) is 3.24. The Labute approximate surface area is 102 Å². The van der Waals surface area contributed by atoms with Crippen LogP contribution in [0.2, 0.25) is 0 Å². The van der Waals surface area contributed by atoms with Crippen LogP contribution in [0.1, 0.15) is 49.4 Å². The summed E-state index contributed by atoms with van der Waals surface area (Å²) in [6, 6.07) is 1.80. The van der Waals surface area contributed by atoms with Crippen LogP contribution in [0.5, 0.6) is 5.75 Å². The Hall–Kier alpha value is -1.38. The van der Waals surface area contributed by atoms with E-state index >= 15 is 0 Å². The number of hydrogen-bond donors (Lipinski definition) is 0. The highest BCUT2D eigenvalue weighted by Crippen LogP contribution is 2.43. The highest BCUT2D eigenvalue weighted by atomic mass is 16.5. The van der Waals surface area contributed by atoms with E-state index in [4.69, 9.17) is 4.74 Å². The van der Waals surface area contributed by atoms with Gasteiger partial charge in [0.1, 0.15) is 5.75 Å². The summed E-state index contributed by atoms with van der Waals surface area (Å²) in [5.41, 5.74) is 0.543. The summed E-state index contributed by atoms with van der Waals surface area (Å²) in [5, 5.41) is 0. The SMILES string of the molecule is CCC1(C(=O)c2cncc(OC)c2)CCCC1. The van der Waals surface area contributed by atoms with E-state index in [1.165, 1.54) is 0 Å². The van der Waals surface area contributed by atoms with Crippen molar-refractivity contribution in [3.05, 3.63) is 24.0 Å². The summed E-state index contributed by atoms with van der Waals surface area (Å²) in [6.45, 7) is 2.11. The number of aromatic nitrogens is 1. The van der Waals surface area contributed by atoms with Gasteiger partial charge in [0.05, 0.1) is 13.3 Å². The van der Waals surface area contributed by atoms with Gasteiger partial charge >= 0.3 is 0 Å². The van der Waals surface area contributed by atoms with Crippen LogP contribution >= 0.6 is 0 Å². The molecule has 0 bridgehead atoms. The molecule has 0 amide bonds. The lowest BCUT2D eigenvalue weighted by Crippen LogP contribution is -2.27. The minimum Gasteiger partial charge on any atom is -0.495 e. The van der Waals surface area contributed by atoms with E-state index < -0.39 is 0 Å². The Bertz CT molecular complexity index is 408. The van der Waals surface area contributed by atoms with E-state index in [0.29, 0.717) is 11.3 Å². The summed E-state index contributed by atoms with van der Waals surface area (Å²) >= 11 is 0. The number of hydrogen-bond acceptors (Lipinski definition) is 3. The number of methoxy groups -OCH3 is 1. The lowest BCUT2D eigenvalue weighted by Gasteiger charge is -2.25. The van der Waals surface area contributed by atoms with E-state index in [0.717, 1.165) is 32.1 Å². The molecule has 3 heteroatoms. The third-order valence-corrected chi connectivity index (χ3v) is 3.93. The average Bonchev–Trinajstić information content (AvgIpc) is 2.88. The zero-order chi connectivity index (χ0) is 12.3. The average molecular weight is 233 g/mol. The summed E-state index contributed by atoms with van der Waals surface area (Å²) in [6.07, 6.45) is 8.56. The van der Waals surface area contributed by atoms with Gasteiger partial charge in [0, 0.05) is 17.2 Å². The third-order valence-electron chi connectivity index (χ3n) is 3.93. The molecule has 1 heterocycles. The number of ketones is 1. The maximum Gasteiger partial charge on any atom is 0.170 e. The van der Waals surface area contributed by atoms with Crippen LogP contribution in [-0.4, -0.2) is 17.9 Å². The van der Waals surface area contributed by atoms with Gasteiger partial charge in [-0.25, -0.2) is 0 Å². The Morgan fingerprint density at radius 3 is 2.71 bits per heavy atom. The Kier molecular flexibility index (Phi) is 3.46. The fraction of sp³-hybridized carbons (Fsp3) is 0.571. The van der Waals surface area contributed by atoms with Crippen LogP contribution in [0.15, 0.2) is 18.5 Å². The van der Waals surface area contributed by atoms with Gasteiger partial charge in [-0.3, -0.25) is 9.78 Å². The number of carbonyl (C=O) groups is 1. The van der Waals surface area contributed by atoms with E-state index in [1.807, 2.05) is 0 Å². The van der Waals surface area contributed by atoms with Crippen LogP contribution in [0.25, 0.3) is 0 Å². The number of Topliss-reactive ketones (excluding diaryl/α,β-unsaturated/α-hetero) is 1. The van der Waals surface area contributed by atoms with E-state index in [9.17, 15) is 4.79 Å². The Morgan fingerprint density at radius 1 is 1.41 bits per heavy atom. The molecule has 1 aromatic rings. The van der Waals surface area contributed by atoms with Gasteiger partial charge in [-0.2, -0.15) is 0 Å². The van der Waals surface area contributed by atoms with Crippen molar-refractivity contribution < 1.29 is 9.53 Å². The topological polar surface area (TPSA) is 39.2 Å². The second-order valence-electron chi connectivity index (χ2n) is 4.78. The minimum absolute atomic E-state index is 0.145. The van der Waals surface area contributed by atoms with Crippen LogP contribution < -0.4 is 4.74 Å². The number of nitrogens with zero attached hydrogens (tertiary/aromatic N) is 1. The molecule has 0 radical (unpaired) electrons. The molecule has 0 N–H and O–H groups in total. The first-order valence-electron chi connectivity index (χ1n) is 6.26. The zero-order valence-electron chi connectivity index (χ0n) is 10.5. The summed E-state index contributed by atoms with van der Waals surface area (Å²) in [4.78, 5) is 16.6. The molecule has 0 saturated heterocycles. The van der Waals surface area contributed by atoms with Gasteiger partial charge in [-0.1, -0.05) is 19.8 Å². The summed E-state index contributed by atoms with van der Waals surface area (Å²) < 4.78 is 5.12. The molecule has 0 atom stereocenters. The standard InChI is InChI=1S/C14H19NO2/c1-3-14(6-4-5-7-14)13(16)11-8-12(17-2)10-15-9-11/h8-10H,3-7H2,1-2H3. The molecule has 1 aromatic heterocycles. The zero-order valence-corrected chi connectivity index (χ0v) is 10.5. The number of pyridine rings is 1. The van der Waals surface area contributed by atoms with Crippen LogP contribution in [0.4, 0.5) is 0 Å². The van der Waals surface area contributed by atoms with Gasteiger partial charge in [0.15, 0.2) is 5.78 Å².